The summed E-state index contributed by atoms with van der Waals surface area (Å²) >= 11 is 0. The standard InChI is InChI=1S/C15H20N6/c1-10-18-14-3-6-16-5-2-12(14)15(19-10)21-7-4-13-11(9-21)8-17-20-13/h8,16H,2-7,9H2,1H3,(H,17,20). The molecule has 0 bridgehead atoms. The van der Waals surface area contributed by atoms with E-state index in [4.69, 9.17) is 4.98 Å². The predicted molar refractivity (Wildman–Crippen MR) is 80.4 cm³/mol. The highest BCUT2D eigenvalue weighted by Crippen LogP contribution is 2.27. The normalized spacial score (nSPS) is 18.0. The summed E-state index contributed by atoms with van der Waals surface area (Å²) in [6.07, 6.45) is 4.96. The fourth-order valence-corrected chi connectivity index (χ4v) is 3.31. The summed E-state index contributed by atoms with van der Waals surface area (Å²) in [6.45, 7) is 5.90. The van der Waals surface area contributed by atoms with Gasteiger partial charge in [-0.2, -0.15) is 5.10 Å². The molecule has 0 aliphatic carbocycles. The minimum absolute atomic E-state index is 0.878. The maximum atomic E-state index is 4.77. The first kappa shape index (κ1) is 12.8. The van der Waals surface area contributed by atoms with Crippen LogP contribution in [-0.4, -0.2) is 39.8 Å². The summed E-state index contributed by atoms with van der Waals surface area (Å²) in [7, 11) is 0. The van der Waals surface area contributed by atoms with E-state index in [9.17, 15) is 0 Å². The monoisotopic (exact) mass is 284 g/mol. The van der Waals surface area contributed by atoms with Crippen molar-refractivity contribution in [3.63, 3.8) is 0 Å². The lowest BCUT2D eigenvalue weighted by atomic mass is 10.1. The van der Waals surface area contributed by atoms with Gasteiger partial charge in [0.15, 0.2) is 0 Å². The van der Waals surface area contributed by atoms with Crippen LogP contribution < -0.4 is 10.2 Å². The van der Waals surface area contributed by atoms with Crippen molar-refractivity contribution < 1.29 is 0 Å². The van der Waals surface area contributed by atoms with E-state index >= 15 is 0 Å². The Kier molecular flexibility index (Phi) is 3.11. The number of rotatable bonds is 1. The molecule has 4 heterocycles. The van der Waals surface area contributed by atoms with Gasteiger partial charge in [0.05, 0.1) is 11.9 Å². The molecule has 0 aromatic carbocycles. The van der Waals surface area contributed by atoms with Gasteiger partial charge in [-0.15, -0.1) is 0 Å². The zero-order valence-corrected chi connectivity index (χ0v) is 12.3. The molecule has 110 valence electrons. The quantitative estimate of drug-likeness (QED) is 0.809. The van der Waals surface area contributed by atoms with Crippen molar-refractivity contribution in [3.05, 3.63) is 34.5 Å². The lowest BCUT2D eigenvalue weighted by molar-refractivity contribution is 0.695. The number of nitrogens with zero attached hydrogens (tertiary/aromatic N) is 4. The van der Waals surface area contributed by atoms with Gasteiger partial charge in [0, 0.05) is 49.3 Å². The number of aromatic amines is 1. The Bertz CT molecular complexity index is 662. The van der Waals surface area contributed by atoms with Crippen LogP contribution in [-0.2, 0) is 25.8 Å². The molecule has 2 aliphatic rings. The predicted octanol–water partition coefficient (Wildman–Crippen LogP) is 0.759. The number of H-pyrrole nitrogens is 1. The van der Waals surface area contributed by atoms with Crippen LogP contribution in [0.3, 0.4) is 0 Å². The number of fused-ring (bicyclic) bond motifs is 2. The molecule has 0 saturated carbocycles. The maximum Gasteiger partial charge on any atom is 0.136 e. The van der Waals surface area contributed by atoms with E-state index in [2.05, 4.69) is 25.4 Å². The van der Waals surface area contributed by atoms with Gasteiger partial charge in [-0.1, -0.05) is 0 Å². The van der Waals surface area contributed by atoms with Gasteiger partial charge >= 0.3 is 0 Å². The summed E-state index contributed by atoms with van der Waals surface area (Å²) in [5.41, 5.74) is 5.11. The van der Waals surface area contributed by atoms with E-state index in [1.165, 1.54) is 22.5 Å². The molecule has 0 spiro atoms. The average molecular weight is 284 g/mol. The highest BCUT2D eigenvalue weighted by molar-refractivity contribution is 5.52. The first-order valence-corrected chi connectivity index (χ1v) is 7.64. The Morgan fingerprint density at radius 3 is 3.00 bits per heavy atom. The van der Waals surface area contributed by atoms with Crippen molar-refractivity contribution in [3.8, 4) is 0 Å². The average Bonchev–Trinajstić information content (AvgIpc) is 2.83. The molecule has 6 heteroatoms. The highest BCUT2D eigenvalue weighted by Gasteiger charge is 2.24. The molecule has 4 rings (SSSR count). The Morgan fingerprint density at radius 2 is 2.05 bits per heavy atom. The third-order valence-corrected chi connectivity index (χ3v) is 4.37. The van der Waals surface area contributed by atoms with Crippen LogP contribution in [0.2, 0.25) is 0 Å². The van der Waals surface area contributed by atoms with E-state index < -0.39 is 0 Å². The number of anilines is 1. The number of aryl methyl sites for hydroxylation is 1. The summed E-state index contributed by atoms with van der Waals surface area (Å²) in [4.78, 5) is 11.8. The highest BCUT2D eigenvalue weighted by atomic mass is 15.2. The molecule has 0 atom stereocenters. The Hall–Kier alpha value is -1.95. The molecule has 2 aromatic heterocycles. The van der Waals surface area contributed by atoms with Crippen LogP contribution >= 0.6 is 0 Å². The molecule has 0 saturated heterocycles. The molecular weight excluding hydrogens is 264 g/mol. The number of hydrogen-bond acceptors (Lipinski definition) is 5. The van der Waals surface area contributed by atoms with E-state index in [0.717, 1.165) is 57.1 Å². The Labute approximate surface area is 124 Å². The van der Waals surface area contributed by atoms with Crippen molar-refractivity contribution in [2.75, 3.05) is 24.5 Å². The number of aromatic nitrogens is 4. The summed E-state index contributed by atoms with van der Waals surface area (Å²) in [6, 6.07) is 0. The third-order valence-electron chi connectivity index (χ3n) is 4.37. The summed E-state index contributed by atoms with van der Waals surface area (Å²) < 4.78 is 0. The minimum Gasteiger partial charge on any atom is -0.351 e. The molecule has 6 nitrogen and oxygen atoms in total. The van der Waals surface area contributed by atoms with Crippen molar-refractivity contribution in [1.82, 2.24) is 25.5 Å². The Balaban J connectivity index is 1.73. The second kappa shape index (κ2) is 5.11. The fourth-order valence-electron chi connectivity index (χ4n) is 3.31. The number of hydrogen-bond donors (Lipinski definition) is 2. The lowest BCUT2D eigenvalue weighted by Gasteiger charge is -2.30. The first-order valence-electron chi connectivity index (χ1n) is 7.64. The topological polar surface area (TPSA) is 69.7 Å². The minimum atomic E-state index is 0.878. The van der Waals surface area contributed by atoms with Crippen molar-refractivity contribution in [2.45, 2.75) is 32.7 Å². The van der Waals surface area contributed by atoms with Crippen molar-refractivity contribution in [1.29, 1.82) is 0 Å². The second-order valence-electron chi connectivity index (χ2n) is 5.82. The Morgan fingerprint density at radius 1 is 1.14 bits per heavy atom. The third kappa shape index (κ3) is 2.29. The van der Waals surface area contributed by atoms with Gasteiger partial charge in [0.25, 0.3) is 0 Å². The fraction of sp³-hybridized carbons (Fsp3) is 0.533. The van der Waals surface area contributed by atoms with Gasteiger partial charge in [-0.25, -0.2) is 9.97 Å². The van der Waals surface area contributed by atoms with Gasteiger partial charge < -0.3 is 10.2 Å². The van der Waals surface area contributed by atoms with Crippen LogP contribution in [0.4, 0.5) is 5.82 Å². The SMILES string of the molecule is Cc1nc2c(c(N3CCc4[nH]ncc4C3)n1)CCNCC2. The molecule has 2 aromatic rings. The maximum absolute atomic E-state index is 4.77. The molecular formula is C15H20N6. The van der Waals surface area contributed by atoms with E-state index in [0.29, 0.717) is 0 Å². The van der Waals surface area contributed by atoms with Crippen molar-refractivity contribution >= 4 is 5.82 Å². The molecule has 21 heavy (non-hydrogen) atoms. The molecule has 0 fully saturated rings. The van der Waals surface area contributed by atoms with Gasteiger partial charge in [-0.3, -0.25) is 5.10 Å². The van der Waals surface area contributed by atoms with Crippen LogP contribution in [0.15, 0.2) is 6.20 Å². The summed E-state index contributed by atoms with van der Waals surface area (Å²) in [5.74, 6) is 2.01. The van der Waals surface area contributed by atoms with Crippen molar-refractivity contribution in [2.24, 2.45) is 0 Å². The van der Waals surface area contributed by atoms with E-state index in [-0.39, 0.29) is 0 Å². The summed E-state index contributed by atoms with van der Waals surface area (Å²) in [5, 5.41) is 10.7. The van der Waals surface area contributed by atoms with Crippen LogP contribution in [0, 0.1) is 6.92 Å². The second-order valence-corrected chi connectivity index (χ2v) is 5.82. The van der Waals surface area contributed by atoms with E-state index in [1.54, 1.807) is 0 Å². The van der Waals surface area contributed by atoms with Gasteiger partial charge in [0.2, 0.25) is 0 Å². The largest absolute Gasteiger partial charge is 0.351 e. The van der Waals surface area contributed by atoms with Crippen LogP contribution in [0.5, 0.6) is 0 Å². The van der Waals surface area contributed by atoms with Crippen LogP contribution in [0.25, 0.3) is 0 Å². The molecule has 0 amide bonds. The van der Waals surface area contributed by atoms with Gasteiger partial charge in [-0.05, 0) is 19.9 Å². The van der Waals surface area contributed by atoms with E-state index in [1.807, 2.05) is 13.1 Å². The molecule has 0 unspecified atom stereocenters. The zero-order valence-electron chi connectivity index (χ0n) is 12.3. The first-order chi connectivity index (χ1) is 10.3. The lowest BCUT2D eigenvalue weighted by Crippen LogP contribution is -2.32. The molecule has 2 N–H and O–H groups in total. The zero-order chi connectivity index (χ0) is 14.2. The molecule has 2 aliphatic heterocycles. The van der Waals surface area contributed by atoms with Gasteiger partial charge in [0.1, 0.15) is 11.6 Å². The number of nitrogens with one attached hydrogen (secondary N) is 2. The van der Waals surface area contributed by atoms with Crippen LogP contribution in [0.1, 0.15) is 28.3 Å². The smallest absolute Gasteiger partial charge is 0.136 e. The molecule has 0 radical (unpaired) electrons.